The van der Waals surface area contributed by atoms with Gasteiger partial charge in [-0.05, 0) is 24.6 Å². The van der Waals surface area contributed by atoms with E-state index in [1.807, 2.05) is 55.5 Å². The molecule has 1 N–H and O–H groups in total. The number of amides is 1. The Morgan fingerprint density at radius 3 is 2.53 bits per heavy atom. The van der Waals surface area contributed by atoms with Crippen LogP contribution < -0.4 is 10.1 Å². The quantitative estimate of drug-likeness (QED) is 0.908. The van der Waals surface area contributed by atoms with E-state index in [4.69, 9.17) is 4.74 Å². The van der Waals surface area contributed by atoms with Gasteiger partial charge in [0.25, 0.3) is 0 Å². The summed E-state index contributed by atoms with van der Waals surface area (Å²) in [6.45, 7) is 1.89. The van der Waals surface area contributed by atoms with Crippen LogP contribution >= 0.6 is 0 Å². The number of rotatable bonds is 4. The summed E-state index contributed by atoms with van der Waals surface area (Å²) < 4.78 is 5.13. The van der Waals surface area contributed by atoms with Gasteiger partial charge in [0.1, 0.15) is 5.75 Å². The molecule has 0 aromatic heterocycles. The second kappa shape index (κ2) is 6.05. The molecule has 0 bridgehead atoms. The Hall–Kier alpha value is -2.29. The molecular weight excluding hydrogens is 238 g/mol. The van der Waals surface area contributed by atoms with Crippen LogP contribution in [-0.2, 0) is 4.79 Å². The highest BCUT2D eigenvalue weighted by atomic mass is 16.5. The molecule has 0 radical (unpaired) electrons. The van der Waals surface area contributed by atoms with Crippen LogP contribution in [-0.4, -0.2) is 13.0 Å². The summed E-state index contributed by atoms with van der Waals surface area (Å²) in [5.74, 6) is 0.511. The molecule has 0 aliphatic carbocycles. The third kappa shape index (κ3) is 3.35. The average molecular weight is 255 g/mol. The minimum atomic E-state index is -0.188. The average Bonchev–Trinajstić information content (AvgIpc) is 2.47. The van der Waals surface area contributed by atoms with Gasteiger partial charge < -0.3 is 10.1 Å². The largest absolute Gasteiger partial charge is 0.497 e. The molecule has 0 saturated heterocycles. The second-order valence-electron chi connectivity index (χ2n) is 4.35. The lowest BCUT2D eigenvalue weighted by atomic mass is 10.0. The van der Waals surface area contributed by atoms with Gasteiger partial charge in [-0.2, -0.15) is 0 Å². The molecule has 0 saturated carbocycles. The Labute approximate surface area is 113 Å². The summed E-state index contributed by atoms with van der Waals surface area (Å²) >= 11 is 0. The molecule has 0 heterocycles. The molecule has 0 unspecified atom stereocenters. The first-order valence-electron chi connectivity index (χ1n) is 6.20. The first-order chi connectivity index (χ1) is 9.20. The van der Waals surface area contributed by atoms with Gasteiger partial charge in [0, 0.05) is 11.8 Å². The Morgan fingerprint density at radius 2 is 1.84 bits per heavy atom. The summed E-state index contributed by atoms with van der Waals surface area (Å²) in [7, 11) is 1.60. The lowest BCUT2D eigenvalue weighted by Gasteiger charge is -2.13. The number of nitrogens with one attached hydrogen (secondary N) is 1. The number of hydrogen-bond acceptors (Lipinski definition) is 2. The van der Waals surface area contributed by atoms with Crippen molar-refractivity contribution in [2.24, 2.45) is 0 Å². The zero-order valence-corrected chi connectivity index (χ0v) is 11.1. The van der Waals surface area contributed by atoms with Crippen molar-refractivity contribution >= 4 is 11.6 Å². The number of methoxy groups -OCH3 is 1. The topological polar surface area (TPSA) is 38.3 Å². The van der Waals surface area contributed by atoms with E-state index in [0.717, 1.165) is 17.0 Å². The highest BCUT2D eigenvalue weighted by Crippen LogP contribution is 2.20. The highest BCUT2D eigenvalue weighted by Gasteiger charge is 2.14. The van der Waals surface area contributed by atoms with Crippen LogP contribution in [0.25, 0.3) is 0 Å². The molecule has 0 spiro atoms. The van der Waals surface area contributed by atoms with Crippen molar-refractivity contribution in [3.8, 4) is 5.75 Å². The van der Waals surface area contributed by atoms with Gasteiger partial charge in [-0.1, -0.05) is 36.4 Å². The van der Waals surface area contributed by atoms with Crippen molar-refractivity contribution in [1.82, 2.24) is 0 Å². The third-order valence-electron chi connectivity index (χ3n) is 3.03. The molecular formula is C16H17NO2. The second-order valence-corrected chi connectivity index (χ2v) is 4.35. The van der Waals surface area contributed by atoms with Gasteiger partial charge in [0.15, 0.2) is 0 Å². The summed E-state index contributed by atoms with van der Waals surface area (Å²) in [5, 5.41) is 2.90. The van der Waals surface area contributed by atoms with Gasteiger partial charge in [-0.15, -0.1) is 0 Å². The summed E-state index contributed by atoms with van der Waals surface area (Å²) in [4.78, 5) is 12.2. The van der Waals surface area contributed by atoms with Crippen molar-refractivity contribution in [1.29, 1.82) is 0 Å². The molecule has 0 fully saturated rings. The van der Waals surface area contributed by atoms with Crippen LogP contribution in [0, 0.1) is 0 Å². The van der Waals surface area contributed by atoms with Gasteiger partial charge >= 0.3 is 0 Å². The maximum Gasteiger partial charge on any atom is 0.231 e. The SMILES string of the molecule is COc1cccc(NC(=O)[C@H](C)c2ccccc2)c1. The van der Waals surface area contributed by atoms with Crippen LogP contribution in [0.3, 0.4) is 0 Å². The minimum absolute atomic E-state index is 0.0283. The smallest absolute Gasteiger partial charge is 0.231 e. The van der Waals surface area contributed by atoms with Crippen molar-refractivity contribution < 1.29 is 9.53 Å². The number of hydrogen-bond donors (Lipinski definition) is 1. The lowest BCUT2D eigenvalue weighted by molar-refractivity contribution is -0.117. The highest BCUT2D eigenvalue weighted by molar-refractivity contribution is 5.95. The number of carbonyl (C=O) groups excluding carboxylic acids is 1. The maximum atomic E-state index is 12.2. The monoisotopic (exact) mass is 255 g/mol. The van der Waals surface area contributed by atoms with E-state index in [2.05, 4.69) is 5.32 Å². The van der Waals surface area contributed by atoms with Crippen LogP contribution in [0.1, 0.15) is 18.4 Å². The van der Waals surface area contributed by atoms with Crippen LogP contribution in [0.2, 0.25) is 0 Å². The lowest BCUT2D eigenvalue weighted by Crippen LogP contribution is -2.18. The fraction of sp³-hybridized carbons (Fsp3) is 0.188. The van der Waals surface area contributed by atoms with Gasteiger partial charge in [-0.3, -0.25) is 4.79 Å². The molecule has 0 aliphatic heterocycles. The molecule has 1 amide bonds. The van der Waals surface area contributed by atoms with E-state index in [0.29, 0.717) is 0 Å². The molecule has 0 aliphatic rings. The Balaban J connectivity index is 2.08. The molecule has 3 nitrogen and oxygen atoms in total. The minimum Gasteiger partial charge on any atom is -0.497 e. The van der Waals surface area contributed by atoms with E-state index in [9.17, 15) is 4.79 Å². The number of anilines is 1. The van der Waals surface area contributed by atoms with Crippen LogP contribution in [0.4, 0.5) is 5.69 Å². The number of benzene rings is 2. The van der Waals surface area contributed by atoms with E-state index in [-0.39, 0.29) is 11.8 Å². The van der Waals surface area contributed by atoms with Gasteiger partial charge in [0.2, 0.25) is 5.91 Å². The van der Waals surface area contributed by atoms with Crippen molar-refractivity contribution in [3.05, 3.63) is 60.2 Å². The first-order valence-corrected chi connectivity index (χ1v) is 6.20. The maximum absolute atomic E-state index is 12.2. The predicted molar refractivity (Wildman–Crippen MR) is 76.5 cm³/mol. The molecule has 3 heteroatoms. The molecule has 19 heavy (non-hydrogen) atoms. The van der Waals surface area contributed by atoms with Gasteiger partial charge in [0.05, 0.1) is 13.0 Å². The van der Waals surface area contributed by atoms with Crippen molar-refractivity contribution in [2.45, 2.75) is 12.8 Å². The van der Waals surface area contributed by atoms with Crippen molar-refractivity contribution in [2.75, 3.05) is 12.4 Å². The fourth-order valence-electron chi connectivity index (χ4n) is 1.84. The zero-order chi connectivity index (χ0) is 13.7. The fourth-order valence-corrected chi connectivity index (χ4v) is 1.84. The molecule has 2 rings (SSSR count). The molecule has 98 valence electrons. The van der Waals surface area contributed by atoms with E-state index < -0.39 is 0 Å². The number of carbonyl (C=O) groups is 1. The molecule has 1 atom stereocenters. The van der Waals surface area contributed by atoms with Crippen LogP contribution in [0.5, 0.6) is 5.75 Å². The van der Waals surface area contributed by atoms with E-state index in [1.165, 1.54) is 0 Å². The molecule has 2 aromatic carbocycles. The Kier molecular flexibility index (Phi) is 4.18. The summed E-state index contributed by atoms with van der Waals surface area (Å²) in [6, 6.07) is 17.1. The predicted octanol–water partition coefficient (Wildman–Crippen LogP) is 3.44. The standard InChI is InChI=1S/C16H17NO2/c1-12(13-7-4-3-5-8-13)16(18)17-14-9-6-10-15(11-14)19-2/h3-12H,1-2H3,(H,17,18)/t12-/m1/s1. The molecule has 2 aromatic rings. The third-order valence-corrected chi connectivity index (χ3v) is 3.03. The van der Waals surface area contributed by atoms with Crippen molar-refractivity contribution in [3.63, 3.8) is 0 Å². The summed E-state index contributed by atoms with van der Waals surface area (Å²) in [6.07, 6.45) is 0. The first kappa shape index (κ1) is 13.1. The number of ether oxygens (including phenoxy) is 1. The van der Waals surface area contributed by atoms with E-state index in [1.54, 1.807) is 13.2 Å². The van der Waals surface area contributed by atoms with Crippen LogP contribution in [0.15, 0.2) is 54.6 Å². The van der Waals surface area contributed by atoms with Gasteiger partial charge in [-0.25, -0.2) is 0 Å². The summed E-state index contributed by atoms with van der Waals surface area (Å²) in [5.41, 5.74) is 1.75. The normalized spacial score (nSPS) is 11.7. The zero-order valence-electron chi connectivity index (χ0n) is 11.1. The Morgan fingerprint density at radius 1 is 1.11 bits per heavy atom. The Bertz CT molecular complexity index is 552. The van der Waals surface area contributed by atoms with E-state index >= 15 is 0 Å².